The summed E-state index contributed by atoms with van der Waals surface area (Å²) in [7, 11) is -3.96. The monoisotopic (exact) mass is 489 g/mol. The maximum Gasteiger partial charge on any atom is 0.255 e. The van der Waals surface area contributed by atoms with Crippen molar-refractivity contribution in [2.75, 3.05) is 11.1 Å². The van der Waals surface area contributed by atoms with Crippen LogP contribution in [-0.4, -0.2) is 42.5 Å². The maximum absolute atomic E-state index is 13.4. The number of amides is 1. The molecule has 2 aliphatic rings. The lowest BCUT2D eigenvalue weighted by molar-refractivity contribution is -0.0304. The molecule has 3 N–H and O–H groups in total. The van der Waals surface area contributed by atoms with Crippen LogP contribution in [0.25, 0.3) is 0 Å². The largest absolute Gasteiger partial charge is 0.390 e. The molecule has 32 heavy (non-hydrogen) atoms. The van der Waals surface area contributed by atoms with Gasteiger partial charge in [-0.05, 0) is 48.8 Å². The molecule has 11 heteroatoms. The zero-order chi connectivity index (χ0) is 23.4. The highest BCUT2D eigenvalue weighted by atomic mass is 35.5. The Bertz CT molecular complexity index is 1170. The fourth-order valence-corrected chi connectivity index (χ4v) is 6.98. The van der Waals surface area contributed by atoms with Crippen molar-refractivity contribution < 1.29 is 36.6 Å². The van der Waals surface area contributed by atoms with E-state index in [1.54, 1.807) is 0 Å². The van der Waals surface area contributed by atoms with Crippen molar-refractivity contribution in [2.24, 2.45) is 17.8 Å². The lowest BCUT2D eigenvalue weighted by Gasteiger charge is -2.29. The molecule has 2 aromatic rings. The van der Waals surface area contributed by atoms with Crippen molar-refractivity contribution in [1.29, 1.82) is 0 Å². The standard InChI is InChI=1S/C21H19ClF3NO5S/c22-14-2-1-9(21(29)26-12-6-15(23)18(25)16(24)7-12)5-17(14)32(30,31)8-11-3-10-4-13(11)20(28)19(10)27/h1-2,5-7,10-11,13,19-20,27-28H,3-4,8H2,(H,26,29)/t10?,11-,13?,19+,20?/m0/s1. The Balaban J connectivity index is 1.55. The number of carbonyl (C=O) groups excluding carboxylic acids is 1. The van der Waals surface area contributed by atoms with E-state index in [1.165, 1.54) is 12.1 Å². The van der Waals surface area contributed by atoms with Crippen LogP contribution >= 0.6 is 11.6 Å². The molecule has 4 rings (SSSR count). The number of halogens is 4. The number of sulfone groups is 1. The van der Waals surface area contributed by atoms with Crippen LogP contribution in [0.15, 0.2) is 35.2 Å². The van der Waals surface area contributed by atoms with Gasteiger partial charge in [-0.1, -0.05) is 11.6 Å². The molecule has 2 fully saturated rings. The average molecular weight is 490 g/mol. The molecule has 172 valence electrons. The van der Waals surface area contributed by atoms with E-state index < -0.39 is 45.4 Å². The van der Waals surface area contributed by atoms with Gasteiger partial charge in [0.2, 0.25) is 0 Å². The summed E-state index contributed by atoms with van der Waals surface area (Å²) >= 11 is 6.08. The van der Waals surface area contributed by atoms with Crippen LogP contribution in [0.4, 0.5) is 18.9 Å². The molecular formula is C21H19ClF3NO5S. The summed E-state index contributed by atoms with van der Waals surface area (Å²) in [5.41, 5.74) is -0.484. The predicted molar refractivity (Wildman–Crippen MR) is 109 cm³/mol. The van der Waals surface area contributed by atoms with Gasteiger partial charge in [-0.25, -0.2) is 21.6 Å². The van der Waals surface area contributed by atoms with E-state index in [-0.39, 0.29) is 44.7 Å². The van der Waals surface area contributed by atoms with Gasteiger partial charge in [0.1, 0.15) is 0 Å². The fourth-order valence-electron chi connectivity index (χ4n) is 4.71. The van der Waals surface area contributed by atoms with Crippen LogP contribution in [0, 0.1) is 35.2 Å². The summed E-state index contributed by atoms with van der Waals surface area (Å²) in [6.45, 7) is 0. The van der Waals surface area contributed by atoms with Gasteiger partial charge >= 0.3 is 0 Å². The van der Waals surface area contributed by atoms with Crippen LogP contribution in [0.2, 0.25) is 5.02 Å². The van der Waals surface area contributed by atoms with Crippen molar-refractivity contribution in [3.8, 4) is 0 Å². The Morgan fingerprint density at radius 1 is 1.06 bits per heavy atom. The number of nitrogens with one attached hydrogen (secondary N) is 1. The Morgan fingerprint density at radius 2 is 1.72 bits per heavy atom. The third kappa shape index (κ3) is 4.12. The molecule has 2 aromatic carbocycles. The second-order valence-corrected chi connectivity index (χ2v) is 10.7. The summed E-state index contributed by atoms with van der Waals surface area (Å²) < 4.78 is 65.9. The molecule has 3 unspecified atom stereocenters. The second kappa shape index (κ2) is 8.33. The first-order valence-electron chi connectivity index (χ1n) is 9.82. The molecule has 1 amide bonds. The molecule has 0 spiro atoms. The smallest absolute Gasteiger partial charge is 0.255 e. The molecule has 2 saturated carbocycles. The minimum absolute atomic E-state index is 0.107. The van der Waals surface area contributed by atoms with Gasteiger partial charge in [0, 0.05) is 23.4 Å². The third-order valence-corrected chi connectivity index (χ3v) is 8.58. The number of hydrogen-bond acceptors (Lipinski definition) is 5. The van der Waals surface area contributed by atoms with E-state index in [0.717, 1.165) is 6.07 Å². The summed E-state index contributed by atoms with van der Waals surface area (Å²) in [6.07, 6.45) is -0.820. The number of aliphatic hydroxyl groups is 2. The molecule has 0 aliphatic heterocycles. The summed E-state index contributed by atoms with van der Waals surface area (Å²) in [6, 6.07) is 4.71. The van der Waals surface area contributed by atoms with Gasteiger partial charge in [-0.15, -0.1) is 0 Å². The maximum atomic E-state index is 13.4. The van der Waals surface area contributed by atoms with Crippen molar-refractivity contribution in [3.63, 3.8) is 0 Å². The van der Waals surface area contributed by atoms with Crippen LogP contribution in [0.3, 0.4) is 0 Å². The Hall–Kier alpha value is -2.14. The van der Waals surface area contributed by atoms with E-state index >= 15 is 0 Å². The predicted octanol–water partition coefficient (Wildman–Crippen LogP) is 3.16. The van der Waals surface area contributed by atoms with Crippen molar-refractivity contribution >= 4 is 33.0 Å². The molecule has 0 radical (unpaired) electrons. The first kappa shape index (κ1) is 23.0. The number of anilines is 1. The molecule has 2 bridgehead atoms. The summed E-state index contributed by atoms with van der Waals surface area (Å²) in [5.74, 6) is -6.68. The van der Waals surface area contributed by atoms with Crippen LogP contribution in [0.5, 0.6) is 0 Å². The molecule has 6 nitrogen and oxygen atoms in total. The normalized spacial score (nSPS) is 27.0. The van der Waals surface area contributed by atoms with E-state index in [9.17, 15) is 36.6 Å². The second-order valence-electron chi connectivity index (χ2n) is 8.27. The molecule has 0 heterocycles. The number of aliphatic hydroxyl groups excluding tert-OH is 2. The lowest BCUT2D eigenvalue weighted by atomic mass is 9.86. The molecule has 0 aromatic heterocycles. The Labute approximate surface area is 186 Å². The molecule has 5 atom stereocenters. The van der Waals surface area contributed by atoms with Gasteiger partial charge in [-0.3, -0.25) is 4.79 Å². The third-order valence-electron chi connectivity index (χ3n) is 6.26. The zero-order valence-corrected chi connectivity index (χ0v) is 18.0. The average Bonchev–Trinajstić information content (AvgIpc) is 3.24. The van der Waals surface area contributed by atoms with Gasteiger partial charge in [0.25, 0.3) is 5.91 Å². The Morgan fingerprint density at radius 3 is 2.31 bits per heavy atom. The highest BCUT2D eigenvalue weighted by Gasteiger charge is 2.52. The van der Waals surface area contributed by atoms with E-state index in [4.69, 9.17) is 11.6 Å². The number of fused-ring (bicyclic) bond motifs is 2. The van der Waals surface area contributed by atoms with E-state index in [1.807, 2.05) is 0 Å². The zero-order valence-electron chi connectivity index (χ0n) is 16.4. The number of rotatable bonds is 5. The number of hydrogen-bond donors (Lipinski definition) is 3. The van der Waals surface area contributed by atoms with Crippen LogP contribution in [-0.2, 0) is 9.84 Å². The van der Waals surface area contributed by atoms with Crippen LogP contribution < -0.4 is 5.32 Å². The van der Waals surface area contributed by atoms with Crippen LogP contribution in [0.1, 0.15) is 23.2 Å². The Kier molecular flexibility index (Phi) is 6.00. The molecule has 2 aliphatic carbocycles. The quantitative estimate of drug-likeness (QED) is 0.560. The number of benzene rings is 2. The number of carbonyl (C=O) groups is 1. The highest BCUT2D eigenvalue weighted by Crippen LogP contribution is 2.49. The van der Waals surface area contributed by atoms with Crippen molar-refractivity contribution in [3.05, 3.63) is 58.4 Å². The topological polar surface area (TPSA) is 104 Å². The summed E-state index contributed by atoms with van der Waals surface area (Å²) in [4.78, 5) is 12.2. The van der Waals surface area contributed by atoms with E-state index in [0.29, 0.717) is 25.0 Å². The van der Waals surface area contributed by atoms with Gasteiger partial charge in [0.05, 0.1) is 27.9 Å². The first-order chi connectivity index (χ1) is 15.0. The minimum Gasteiger partial charge on any atom is -0.390 e. The SMILES string of the molecule is O=C(Nc1cc(F)c(F)c(F)c1)c1ccc(Cl)c(S(=O)(=O)C[C@@H]2CC3CC2C(O)[C@@H]3O)c1. The molecule has 0 saturated heterocycles. The highest BCUT2D eigenvalue weighted by molar-refractivity contribution is 7.91. The fraction of sp³-hybridized carbons (Fsp3) is 0.381. The van der Waals surface area contributed by atoms with Gasteiger partial charge in [-0.2, -0.15) is 0 Å². The van der Waals surface area contributed by atoms with Gasteiger partial charge < -0.3 is 15.5 Å². The van der Waals surface area contributed by atoms with Crippen molar-refractivity contribution in [2.45, 2.75) is 29.9 Å². The summed E-state index contributed by atoms with van der Waals surface area (Å²) in [5, 5.41) is 22.1. The molecular weight excluding hydrogens is 471 g/mol. The van der Waals surface area contributed by atoms with E-state index in [2.05, 4.69) is 5.32 Å². The lowest BCUT2D eigenvalue weighted by Crippen LogP contribution is -2.38. The first-order valence-corrected chi connectivity index (χ1v) is 11.9. The van der Waals surface area contributed by atoms with Crippen molar-refractivity contribution in [1.82, 2.24) is 0 Å². The van der Waals surface area contributed by atoms with Gasteiger partial charge in [0.15, 0.2) is 27.3 Å². The minimum atomic E-state index is -3.96.